The number of aryl methyl sites for hydroxylation is 1. The molecular formula is C19H27N3O2S2. The molecule has 0 unspecified atom stereocenters. The second-order valence-corrected chi connectivity index (χ2v) is 10.4. The van der Waals surface area contributed by atoms with Crippen LogP contribution in [0.5, 0.6) is 0 Å². The number of rotatable bonds is 4. The van der Waals surface area contributed by atoms with Crippen molar-refractivity contribution in [2.75, 3.05) is 29.9 Å². The molecule has 1 aromatic rings. The third-order valence-corrected chi connectivity index (χ3v) is 8.23. The highest BCUT2D eigenvalue weighted by molar-refractivity contribution is 7.85. The van der Waals surface area contributed by atoms with E-state index in [2.05, 4.69) is 30.1 Å². The Morgan fingerprint density at radius 1 is 1.35 bits per heavy atom. The molecule has 26 heavy (non-hydrogen) atoms. The third kappa shape index (κ3) is 4.36. The molecule has 1 fully saturated rings. The van der Waals surface area contributed by atoms with E-state index in [4.69, 9.17) is 0 Å². The minimum Gasteiger partial charge on any atom is -0.317 e. The molecule has 7 heteroatoms. The fourth-order valence-electron chi connectivity index (χ4n) is 3.86. The number of fused-ring (bicyclic) bond motifs is 1. The van der Waals surface area contributed by atoms with Gasteiger partial charge in [-0.05, 0) is 45.1 Å². The zero-order valence-electron chi connectivity index (χ0n) is 15.6. The topological polar surface area (TPSA) is 73.2 Å². The lowest BCUT2D eigenvalue weighted by Crippen LogP contribution is -2.54. The Hall–Kier alpha value is -1.23. The molecule has 0 aromatic carbocycles. The van der Waals surface area contributed by atoms with Crippen LogP contribution in [0.4, 0.5) is 5.00 Å². The zero-order valence-corrected chi connectivity index (χ0v) is 17.2. The molecule has 1 N–H and O–H groups in total. The number of hydrogen-bond donors (Lipinski definition) is 1. The first-order valence-electron chi connectivity index (χ1n) is 9.35. The van der Waals surface area contributed by atoms with Gasteiger partial charge in [-0.3, -0.25) is 13.9 Å². The van der Waals surface area contributed by atoms with E-state index in [1.54, 1.807) is 11.3 Å². The van der Waals surface area contributed by atoms with Crippen molar-refractivity contribution >= 4 is 33.0 Å². The summed E-state index contributed by atoms with van der Waals surface area (Å²) in [6.45, 7) is 5.60. The highest BCUT2D eigenvalue weighted by atomic mass is 32.2. The maximum Gasteiger partial charge on any atom is 0.226 e. The lowest BCUT2D eigenvalue weighted by atomic mass is 10.0. The molecular weight excluding hydrogens is 366 g/mol. The Labute approximate surface area is 162 Å². The Bertz CT molecular complexity index is 749. The summed E-state index contributed by atoms with van der Waals surface area (Å²) in [5.41, 5.74) is 1.69. The van der Waals surface area contributed by atoms with Gasteiger partial charge >= 0.3 is 0 Å². The van der Waals surface area contributed by atoms with E-state index in [-0.39, 0.29) is 11.4 Å². The number of nitrogens with zero attached hydrogens (tertiary/aromatic N) is 2. The molecule has 1 aliphatic heterocycles. The van der Waals surface area contributed by atoms with Crippen LogP contribution >= 0.6 is 11.3 Å². The van der Waals surface area contributed by atoms with E-state index in [0.717, 1.165) is 42.8 Å². The van der Waals surface area contributed by atoms with Gasteiger partial charge < -0.3 is 5.32 Å². The molecule has 1 atom stereocenters. The van der Waals surface area contributed by atoms with E-state index < -0.39 is 10.8 Å². The van der Waals surface area contributed by atoms with Crippen LogP contribution in [0.25, 0.3) is 0 Å². The summed E-state index contributed by atoms with van der Waals surface area (Å²) >= 11 is 1.58. The van der Waals surface area contributed by atoms with E-state index in [9.17, 15) is 14.3 Å². The highest BCUT2D eigenvalue weighted by Gasteiger charge is 2.33. The molecule has 2 heterocycles. The van der Waals surface area contributed by atoms with Crippen molar-refractivity contribution in [3.8, 4) is 6.07 Å². The van der Waals surface area contributed by atoms with Crippen molar-refractivity contribution < 1.29 is 9.00 Å². The van der Waals surface area contributed by atoms with Crippen LogP contribution in [-0.4, -0.2) is 45.2 Å². The second kappa shape index (κ2) is 8.20. The number of hydrogen-bond acceptors (Lipinski definition) is 5. The van der Waals surface area contributed by atoms with Crippen LogP contribution in [0, 0.1) is 11.3 Å². The summed E-state index contributed by atoms with van der Waals surface area (Å²) in [6.07, 6.45) is 5.86. The molecule has 1 aliphatic carbocycles. The van der Waals surface area contributed by atoms with Gasteiger partial charge in [0.15, 0.2) is 0 Å². The highest BCUT2D eigenvalue weighted by Crippen LogP contribution is 2.37. The molecule has 1 aromatic heterocycles. The fourth-order valence-corrected chi connectivity index (χ4v) is 6.66. The van der Waals surface area contributed by atoms with Gasteiger partial charge in [0.25, 0.3) is 0 Å². The Balaban J connectivity index is 1.62. The maximum atomic E-state index is 12.5. The van der Waals surface area contributed by atoms with E-state index in [0.29, 0.717) is 30.0 Å². The van der Waals surface area contributed by atoms with Crippen molar-refractivity contribution in [3.05, 3.63) is 16.0 Å². The smallest absolute Gasteiger partial charge is 0.226 e. The minimum atomic E-state index is -0.755. The van der Waals surface area contributed by atoms with Crippen LogP contribution in [-0.2, 0) is 28.4 Å². The SMILES string of the molecule is CC1(C)C[S@](=O)CCN1CCC(=O)Nc1sc2c(c1C#N)CCCCC2. The molecule has 0 saturated carbocycles. The lowest BCUT2D eigenvalue weighted by molar-refractivity contribution is -0.116. The van der Waals surface area contributed by atoms with Crippen LogP contribution in [0.3, 0.4) is 0 Å². The van der Waals surface area contributed by atoms with E-state index in [1.807, 2.05) is 0 Å². The van der Waals surface area contributed by atoms with Gasteiger partial charge in [-0.15, -0.1) is 11.3 Å². The summed E-state index contributed by atoms with van der Waals surface area (Å²) in [4.78, 5) is 16.0. The summed E-state index contributed by atoms with van der Waals surface area (Å²) in [5, 5.41) is 13.3. The van der Waals surface area contributed by atoms with Crippen molar-refractivity contribution in [2.45, 2.75) is 57.9 Å². The molecule has 1 amide bonds. The van der Waals surface area contributed by atoms with Gasteiger partial charge in [-0.25, -0.2) is 0 Å². The van der Waals surface area contributed by atoms with Crippen LogP contribution in [0.2, 0.25) is 0 Å². The summed E-state index contributed by atoms with van der Waals surface area (Å²) in [6, 6.07) is 2.31. The summed E-state index contributed by atoms with van der Waals surface area (Å²) < 4.78 is 11.8. The zero-order chi connectivity index (χ0) is 18.7. The number of nitrogens with one attached hydrogen (secondary N) is 1. The summed E-state index contributed by atoms with van der Waals surface area (Å²) in [5.74, 6) is 1.30. The van der Waals surface area contributed by atoms with Gasteiger partial charge in [-0.1, -0.05) is 6.42 Å². The van der Waals surface area contributed by atoms with Gasteiger partial charge in [0, 0.05) is 52.2 Å². The normalized spacial score (nSPS) is 22.9. The van der Waals surface area contributed by atoms with E-state index >= 15 is 0 Å². The largest absolute Gasteiger partial charge is 0.317 e. The Morgan fingerprint density at radius 2 is 2.12 bits per heavy atom. The molecule has 1 saturated heterocycles. The molecule has 3 rings (SSSR count). The molecule has 0 bridgehead atoms. The number of carbonyl (C=O) groups is 1. The average Bonchev–Trinajstić information content (AvgIpc) is 2.73. The number of anilines is 1. The predicted molar refractivity (Wildman–Crippen MR) is 107 cm³/mol. The van der Waals surface area contributed by atoms with Crippen molar-refractivity contribution in [1.82, 2.24) is 4.90 Å². The van der Waals surface area contributed by atoms with Crippen LogP contribution in [0.1, 0.15) is 55.5 Å². The molecule has 142 valence electrons. The standard InChI is InChI=1S/C19H27N3O2S2/c1-19(2)13-26(24)11-10-22(19)9-8-17(23)21-18-15(12-20)14-6-4-3-5-7-16(14)25-18/h3-11,13H2,1-2H3,(H,21,23)/t26-/m1/s1. The monoisotopic (exact) mass is 393 g/mol. The van der Waals surface area contributed by atoms with Gasteiger partial charge in [-0.2, -0.15) is 5.26 Å². The number of amides is 1. The Kier molecular flexibility index (Phi) is 6.16. The molecule has 0 spiro atoms. The van der Waals surface area contributed by atoms with Crippen molar-refractivity contribution in [1.29, 1.82) is 5.26 Å². The molecule has 5 nitrogen and oxygen atoms in total. The maximum absolute atomic E-state index is 12.5. The predicted octanol–water partition coefficient (Wildman–Crippen LogP) is 3.06. The third-order valence-electron chi connectivity index (χ3n) is 5.35. The number of thiophene rings is 1. The first-order chi connectivity index (χ1) is 12.4. The number of carbonyl (C=O) groups excluding carboxylic acids is 1. The molecule has 0 radical (unpaired) electrons. The van der Waals surface area contributed by atoms with Gasteiger partial charge in [0.2, 0.25) is 5.91 Å². The van der Waals surface area contributed by atoms with Crippen molar-refractivity contribution in [3.63, 3.8) is 0 Å². The number of nitriles is 1. The van der Waals surface area contributed by atoms with Gasteiger partial charge in [0.05, 0.1) is 5.56 Å². The van der Waals surface area contributed by atoms with E-state index in [1.165, 1.54) is 11.3 Å². The fraction of sp³-hybridized carbons (Fsp3) is 0.684. The average molecular weight is 394 g/mol. The first kappa shape index (κ1) is 19.5. The molecule has 2 aliphatic rings. The van der Waals surface area contributed by atoms with Crippen LogP contribution in [0.15, 0.2) is 0 Å². The van der Waals surface area contributed by atoms with Crippen LogP contribution < -0.4 is 5.32 Å². The quantitative estimate of drug-likeness (QED) is 0.798. The Morgan fingerprint density at radius 3 is 2.85 bits per heavy atom. The summed E-state index contributed by atoms with van der Waals surface area (Å²) in [7, 11) is -0.755. The van der Waals surface area contributed by atoms with Crippen molar-refractivity contribution in [2.24, 2.45) is 0 Å². The minimum absolute atomic E-state index is 0.0413. The second-order valence-electron chi connectivity index (χ2n) is 7.77. The first-order valence-corrected chi connectivity index (χ1v) is 11.7. The lowest BCUT2D eigenvalue weighted by Gasteiger charge is -2.41. The van der Waals surface area contributed by atoms with Gasteiger partial charge in [0.1, 0.15) is 11.1 Å².